The number of hydrogen-bond donors (Lipinski definition) is 1. The van der Waals surface area contributed by atoms with Crippen molar-refractivity contribution in [3.63, 3.8) is 0 Å². The van der Waals surface area contributed by atoms with Gasteiger partial charge in [-0.25, -0.2) is 4.98 Å². The van der Waals surface area contributed by atoms with Crippen molar-refractivity contribution in [2.45, 2.75) is 6.61 Å². The van der Waals surface area contributed by atoms with E-state index in [1.54, 1.807) is 6.20 Å². The number of aromatic nitrogens is 2. The summed E-state index contributed by atoms with van der Waals surface area (Å²) in [6, 6.07) is 7.96. The Labute approximate surface area is 112 Å². The molecule has 98 valence electrons. The van der Waals surface area contributed by atoms with Crippen molar-refractivity contribution in [1.82, 2.24) is 14.9 Å². The van der Waals surface area contributed by atoms with Gasteiger partial charge in [0.15, 0.2) is 0 Å². The van der Waals surface area contributed by atoms with Gasteiger partial charge in [0.05, 0.1) is 6.54 Å². The standard InChI is InChI=1S/C14H16N4O/c1-18-8-7-15-13(18)10-19-12-4-2-3-11(9-12)14-16-5-6-17-14/h2-4,7-9H,5-6,10H2,1H3,(H,16,17). The first-order valence-corrected chi connectivity index (χ1v) is 6.31. The minimum absolute atomic E-state index is 0.465. The number of benzene rings is 1. The van der Waals surface area contributed by atoms with E-state index in [0.717, 1.165) is 36.1 Å². The summed E-state index contributed by atoms with van der Waals surface area (Å²) in [5.74, 6) is 2.68. The SMILES string of the molecule is Cn1ccnc1COc1cccc(C2=NCCN2)c1. The monoisotopic (exact) mass is 256 g/mol. The molecule has 5 heteroatoms. The van der Waals surface area contributed by atoms with E-state index in [4.69, 9.17) is 4.74 Å². The molecule has 0 radical (unpaired) electrons. The second-order valence-electron chi connectivity index (χ2n) is 4.43. The molecule has 1 aliphatic rings. The van der Waals surface area contributed by atoms with E-state index in [2.05, 4.69) is 15.3 Å². The van der Waals surface area contributed by atoms with Crippen LogP contribution < -0.4 is 10.1 Å². The van der Waals surface area contributed by atoms with Crippen LogP contribution in [0.2, 0.25) is 0 Å². The van der Waals surface area contributed by atoms with Gasteiger partial charge in [0, 0.05) is 31.5 Å². The molecule has 0 spiro atoms. The summed E-state index contributed by atoms with van der Waals surface area (Å²) < 4.78 is 7.72. The van der Waals surface area contributed by atoms with Crippen molar-refractivity contribution in [2.24, 2.45) is 12.0 Å². The Morgan fingerprint density at radius 3 is 3.11 bits per heavy atom. The first kappa shape index (κ1) is 11.8. The first-order chi connectivity index (χ1) is 9.33. The van der Waals surface area contributed by atoms with E-state index in [1.807, 2.05) is 42.1 Å². The van der Waals surface area contributed by atoms with Gasteiger partial charge in [0.1, 0.15) is 24.0 Å². The largest absolute Gasteiger partial charge is 0.486 e. The fourth-order valence-electron chi connectivity index (χ4n) is 2.01. The highest BCUT2D eigenvalue weighted by atomic mass is 16.5. The highest BCUT2D eigenvalue weighted by Gasteiger charge is 2.09. The Morgan fingerprint density at radius 2 is 2.37 bits per heavy atom. The van der Waals surface area contributed by atoms with Gasteiger partial charge in [0.25, 0.3) is 0 Å². The van der Waals surface area contributed by atoms with Crippen LogP contribution in [0.5, 0.6) is 5.75 Å². The molecular formula is C14H16N4O. The fourth-order valence-corrected chi connectivity index (χ4v) is 2.01. The fraction of sp³-hybridized carbons (Fsp3) is 0.286. The van der Waals surface area contributed by atoms with Crippen molar-refractivity contribution in [3.8, 4) is 5.75 Å². The molecule has 1 N–H and O–H groups in total. The minimum Gasteiger partial charge on any atom is -0.486 e. The van der Waals surface area contributed by atoms with Crippen LogP contribution in [0.25, 0.3) is 0 Å². The van der Waals surface area contributed by atoms with Crippen molar-refractivity contribution in [2.75, 3.05) is 13.1 Å². The van der Waals surface area contributed by atoms with Crippen LogP contribution in [0, 0.1) is 0 Å². The average molecular weight is 256 g/mol. The predicted octanol–water partition coefficient (Wildman–Crippen LogP) is 1.35. The third kappa shape index (κ3) is 2.59. The lowest BCUT2D eigenvalue weighted by atomic mass is 10.2. The van der Waals surface area contributed by atoms with Gasteiger partial charge >= 0.3 is 0 Å². The molecule has 2 heterocycles. The topological polar surface area (TPSA) is 51.4 Å². The second kappa shape index (κ2) is 5.14. The van der Waals surface area contributed by atoms with E-state index >= 15 is 0 Å². The van der Waals surface area contributed by atoms with Crippen LogP contribution in [-0.2, 0) is 13.7 Å². The van der Waals surface area contributed by atoms with Crippen LogP contribution in [-0.4, -0.2) is 28.5 Å². The van der Waals surface area contributed by atoms with Gasteiger partial charge in [-0.05, 0) is 12.1 Å². The van der Waals surface area contributed by atoms with Gasteiger partial charge in [0.2, 0.25) is 0 Å². The zero-order valence-corrected chi connectivity index (χ0v) is 10.8. The van der Waals surface area contributed by atoms with Crippen LogP contribution in [0.1, 0.15) is 11.4 Å². The summed E-state index contributed by atoms with van der Waals surface area (Å²) >= 11 is 0. The Morgan fingerprint density at radius 1 is 1.42 bits per heavy atom. The van der Waals surface area contributed by atoms with Gasteiger partial charge in [-0.1, -0.05) is 12.1 Å². The normalized spacial score (nSPS) is 14.1. The third-order valence-corrected chi connectivity index (χ3v) is 3.07. The molecule has 0 atom stereocenters. The number of aliphatic imine (C=N–C) groups is 1. The first-order valence-electron chi connectivity index (χ1n) is 6.31. The molecule has 0 bridgehead atoms. The van der Waals surface area contributed by atoms with E-state index in [1.165, 1.54) is 0 Å². The number of amidine groups is 1. The number of nitrogens with one attached hydrogen (secondary N) is 1. The Bertz CT molecular complexity index is 603. The summed E-state index contributed by atoms with van der Waals surface area (Å²) in [4.78, 5) is 8.64. The maximum absolute atomic E-state index is 5.77. The average Bonchev–Trinajstić information content (AvgIpc) is 3.08. The number of ether oxygens (including phenoxy) is 1. The summed E-state index contributed by atoms with van der Waals surface area (Å²) in [6.45, 7) is 2.22. The van der Waals surface area contributed by atoms with Crippen molar-refractivity contribution in [1.29, 1.82) is 0 Å². The molecule has 3 rings (SSSR count). The van der Waals surface area contributed by atoms with E-state index in [9.17, 15) is 0 Å². The number of nitrogens with zero attached hydrogens (tertiary/aromatic N) is 3. The van der Waals surface area contributed by atoms with Crippen LogP contribution >= 0.6 is 0 Å². The Balaban J connectivity index is 1.71. The minimum atomic E-state index is 0.465. The van der Waals surface area contributed by atoms with Crippen molar-refractivity contribution < 1.29 is 4.74 Å². The zero-order valence-electron chi connectivity index (χ0n) is 10.8. The molecule has 1 aliphatic heterocycles. The van der Waals surface area contributed by atoms with Crippen molar-refractivity contribution in [3.05, 3.63) is 48.0 Å². The quantitative estimate of drug-likeness (QED) is 0.898. The molecule has 0 saturated heterocycles. The number of aryl methyl sites for hydroxylation is 1. The number of hydrogen-bond acceptors (Lipinski definition) is 4. The van der Waals surface area contributed by atoms with Crippen LogP contribution in [0.3, 0.4) is 0 Å². The summed E-state index contributed by atoms with van der Waals surface area (Å²) in [6.07, 6.45) is 3.68. The summed E-state index contributed by atoms with van der Waals surface area (Å²) in [7, 11) is 1.96. The van der Waals surface area contributed by atoms with Gasteiger partial charge in [-0.2, -0.15) is 0 Å². The molecule has 0 unspecified atom stereocenters. The Kier molecular flexibility index (Phi) is 3.18. The lowest BCUT2D eigenvalue weighted by molar-refractivity contribution is 0.292. The molecule has 5 nitrogen and oxygen atoms in total. The summed E-state index contributed by atoms with van der Waals surface area (Å²) in [5, 5.41) is 3.26. The maximum atomic E-state index is 5.77. The molecule has 1 aromatic heterocycles. The van der Waals surface area contributed by atoms with E-state index in [-0.39, 0.29) is 0 Å². The number of rotatable bonds is 4. The lowest BCUT2D eigenvalue weighted by Crippen LogP contribution is -2.19. The van der Waals surface area contributed by atoms with Gasteiger partial charge in [-0.15, -0.1) is 0 Å². The van der Waals surface area contributed by atoms with Crippen molar-refractivity contribution >= 4 is 5.84 Å². The maximum Gasteiger partial charge on any atom is 0.146 e. The molecular weight excluding hydrogens is 240 g/mol. The molecule has 19 heavy (non-hydrogen) atoms. The third-order valence-electron chi connectivity index (χ3n) is 3.07. The smallest absolute Gasteiger partial charge is 0.146 e. The Hall–Kier alpha value is -2.30. The van der Waals surface area contributed by atoms with E-state index < -0.39 is 0 Å². The predicted molar refractivity (Wildman–Crippen MR) is 73.4 cm³/mol. The lowest BCUT2D eigenvalue weighted by Gasteiger charge is -2.08. The second-order valence-corrected chi connectivity index (χ2v) is 4.43. The highest BCUT2D eigenvalue weighted by molar-refractivity contribution is 6.00. The van der Waals surface area contributed by atoms with E-state index in [0.29, 0.717) is 6.61 Å². The zero-order chi connectivity index (χ0) is 13.1. The molecule has 0 fully saturated rings. The van der Waals surface area contributed by atoms with Crippen LogP contribution in [0.4, 0.5) is 0 Å². The molecule has 1 aromatic carbocycles. The van der Waals surface area contributed by atoms with Gasteiger partial charge < -0.3 is 14.6 Å². The number of imidazole rings is 1. The summed E-state index contributed by atoms with van der Waals surface area (Å²) in [5.41, 5.74) is 1.06. The highest BCUT2D eigenvalue weighted by Crippen LogP contribution is 2.15. The van der Waals surface area contributed by atoms with Gasteiger partial charge in [-0.3, -0.25) is 4.99 Å². The molecule has 2 aromatic rings. The molecule has 0 amide bonds. The molecule has 0 aliphatic carbocycles. The molecule has 0 saturated carbocycles. The van der Waals surface area contributed by atoms with Crippen LogP contribution in [0.15, 0.2) is 41.7 Å².